The average molecular weight is 275 g/mol. The summed E-state index contributed by atoms with van der Waals surface area (Å²) in [5, 5.41) is 1.93. The van der Waals surface area contributed by atoms with E-state index < -0.39 is 0 Å². The molecule has 3 rings (SSSR count). The number of hydrogen-bond donors (Lipinski definition) is 1. The van der Waals surface area contributed by atoms with E-state index in [1.54, 1.807) is 6.20 Å². The van der Waals surface area contributed by atoms with E-state index in [9.17, 15) is 0 Å². The van der Waals surface area contributed by atoms with Crippen molar-refractivity contribution in [3.63, 3.8) is 0 Å². The Morgan fingerprint density at radius 1 is 1.26 bits per heavy atom. The van der Waals surface area contributed by atoms with Gasteiger partial charge in [-0.1, -0.05) is 17.7 Å². The Balaban J connectivity index is 1.95. The second-order valence-corrected chi connectivity index (χ2v) is 4.95. The Bertz CT molecular complexity index is 685. The van der Waals surface area contributed by atoms with Crippen LogP contribution in [0.15, 0.2) is 43.1 Å². The smallest absolute Gasteiger partial charge is 0.0946 e. The number of halogens is 1. The van der Waals surface area contributed by atoms with Crippen molar-refractivity contribution < 1.29 is 0 Å². The first-order valence-corrected chi connectivity index (χ1v) is 6.59. The van der Waals surface area contributed by atoms with Crippen molar-refractivity contribution in [1.29, 1.82) is 0 Å². The molecule has 0 unspecified atom stereocenters. The van der Waals surface area contributed by atoms with Crippen LogP contribution >= 0.6 is 11.6 Å². The van der Waals surface area contributed by atoms with E-state index in [0.29, 0.717) is 6.54 Å². The number of aromatic nitrogens is 3. The fourth-order valence-corrected chi connectivity index (χ4v) is 2.50. The Labute approximate surface area is 116 Å². The number of benzene rings is 1. The van der Waals surface area contributed by atoms with Gasteiger partial charge in [0.1, 0.15) is 0 Å². The second-order valence-electron chi connectivity index (χ2n) is 4.51. The number of rotatable bonds is 4. The lowest BCUT2D eigenvalue weighted by Crippen LogP contribution is -2.05. The minimum Gasteiger partial charge on any atom is -0.345 e. The van der Waals surface area contributed by atoms with E-state index in [-0.39, 0.29) is 0 Å². The van der Waals surface area contributed by atoms with Crippen LogP contribution in [0.2, 0.25) is 5.02 Å². The Morgan fingerprint density at radius 3 is 2.89 bits per heavy atom. The molecule has 5 heteroatoms. The highest BCUT2D eigenvalue weighted by Gasteiger charge is 2.07. The highest BCUT2D eigenvalue weighted by molar-refractivity contribution is 6.31. The first-order valence-electron chi connectivity index (χ1n) is 6.21. The van der Waals surface area contributed by atoms with Crippen molar-refractivity contribution in [2.45, 2.75) is 19.6 Å². The van der Waals surface area contributed by atoms with Gasteiger partial charge in [0.05, 0.1) is 6.33 Å². The molecule has 0 aliphatic rings. The first-order chi connectivity index (χ1) is 9.28. The van der Waals surface area contributed by atoms with Crippen LogP contribution in [0.1, 0.15) is 5.56 Å². The quantitative estimate of drug-likeness (QED) is 0.795. The van der Waals surface area contributed by atoms with Crippen LogP contribution < -0.4 is 5.73 Å². The van der Waals surface area contributed by atoms with Gasteiger partial charge in [-0.05, 0) is 17.7 Å². The molecule has 4 nitrogen and oxygen atoms in total. The summed E-state index contributed by atoms with van der Waals surface area (Å²) in [6, 6.07) is 5.93. The maximum atomic E-state index is 6.08. The Hall–Kier alpha value is -1.78. The fourth-order valence-electron chi connectivity index (χ4n) is 2.33. The zero-order chi connectivity index (χ0) is 13.2. The van der Waals surface area contributed by atoms with Crippen LogP contribution in [0.4, 0.5) is 0 Å². The predicted molar refractivity (Wildman–Crippen MR) is 77.1 cm³/mol. The lowest BCUT2D eigenvalue weighted by atomic mass is 10.2. The lowest BCUT2D eigenvalue weighted by Gasteiger charge is -2.06. The van der Waals surface area contributed by atoms with E-state index in [1.807, 2.05) is 30.7 Å². The molecule has 0 amide bonds. The number of nitrogens with two attached hydrogens (primary N) is 1. The number of hydrogen-bond acceptors (Lipinski definition) is 2. The summed E-state index contributed by atoms with van der Waals surface area (Å²) < 4.78 is 4.25. The summed E-state index contributed by atoms with van der Waals surface area (Å²) in [6.07, 6.45) is 7.68. The molecular weight excluding hydrogens is 260 g/mol. The third-order valence-electron chi connectivity index (χ3n) is 3.31. The third kappa shape index (κ3) is 2.37. The van der Waals surface area contributed by atoms with Crippen LogP contribution in [-0.4, -0.2) is 14.1 Å². The van der Waals surface area contributed by atoms with E-state index in [1.165, 1.54) is 5.39 Å². The fraction of sp³-hybridized carbons (Fsp3) is 0.214. The van der Waals surface area contributed by atoms with Crippen molar-refractivity contribution >= 4 is 22.5 Å². The third-order valence-corrected chi connectivity index (χ3v) is 3.54. The summed E-state index contributed by atoms with van der Waals surface area (Å²) >= 11 is 6.08. The highest BCUT2D eigenvalue weighted by Crippen LogP contribution is 2.24. The molecular formula is C14H15ClN4. The maximum Gasteiger partial charge on any atom is 0.0946 e. The molecule has 0 radical (unpaired) electrons. The van der Waals surface area contributed by atoms with E-state index in [4.69, 9.17) is 17.3 Å². The van der Waals surface area contributed by atoms with Gasteiger partial charge in [0.25, 0.3) is 0 Å². The van der Waals surface area contributed by atoms with Gasteiger partial charge in [0.15, 0.2) is 0 Å². The SMILES string of the molecule is NCc1cn(CCn2ccnc2)c2cc(Cl)ccc12. The summed E-state index contributed by atoms with van der Waals surface area (Å²) in [4.78, 5) is 4.04. The van der Waals surface area contributed by atoms with Crippen LogP contribution in [0.3, 0.4) is 0 Å². The van der Waals surface area contributed by atoms with Crippen LogP contribution in [0, 0.1) is 0 Å². The molecule has 0 bridgehead atoms. The van der Waals surface area contributed by atoms with Crippen LogP contribution in [0.25, 0.3) is 10.9 Å². The topological polar surface area (TPSA) is 48.8 Å². The van der Waals surface area contributed by atoms with Crippen LogP contribution in [0.5, 0.6) is 0 Å². The van der Waals surface area contributed by atoms with Crippen molar-refractivity contribution in [2.24, 2.45) is 5.73 Å². The molecule has 0 spiro atoms. The normalized spacial score (nSPS) is 11.3. The maximum absolute atomic E-state index is 6.08. The number of nitrogens with zero attached hydrogens (tertiary/aromatic N) is 3. The van der Waals surface area contributed by atoms with Crippen molar-refractivity contribution in [3.8, 4) is 0 Å². The van der Waals surface area contributed by atoms with Gasteiger partial charge in [0.2, 0.25) is 0 Å². The number of aryl methyl sites for hydroxylation is 2. The monoisotopic (exact) mass is 274 g/mol. The predicted octanol–water partition coefficient (Wildman–Crippen LogP) is 2.65. The van der Waals surface area contributed by atoms with E-state index in [0.717, 1.165) is 29.2 Å². The molecule has 1 aromatic carbocycles. The van der Waals surface area contributed by atoms with E-state index in [2.05, 4.69) is 20.3 Å². The molecule has 0 aliphatic carbocycles. The zero-order valence-corrected chi connectivity index (χ0v) is 11.2. The molecule has 0 aliphatic heterocycles. The van der Waals surface area contributed by atoms with Gasteiger partial charge >= 0.3 is 0 Å². The standard InChI is InChI=1S/C14H15ClN4/c15-12-1-2-13-11(8-16)9-19(14(13)7-12)6-5-18-4-3-17-10-18/h1-4,7,9-10H,5-6,8,16H2. The number of fused-ring (bicyclic) bond motifs is 1. The summed E-state index contributed by atoms with van der Waals surface area (Å²) in [5.74, 6) is 0. The molecule has 2 N–H and O–H groups in total. The lowest BCUT2D eigenvalue weighted by molar-refractivity contribution is 0.591. The summed E-state index contributed by atoms with van der Waals surface area (Å²) in [7, 11) is 0. The molecule has 0 saturated heterocycles. The highest BCUT2D eigenvalue weighted by atomic mass is 35.5. The molecule has 2 heterocycles. The summed E-state index contributed by atoms with van der Waals surface area (Å²) in [6.45, 7) is 2.28. The molecule has 0 saturated carbocycles. The minimum absolute atomic E-state index is 0.538. The molecule has 0 fully saturated rings. The van der Waals surface area contributed by atoms with Crippen molar-refractivity contribution in [1.82, 2.24) is 14.1 Å². The largest absolute Gasteiger partial charge is 0.345 e. The number of imidazole rings is 1. The van der Waals surface area contributed by atoms with Gasteiger partial charge in [0, 0.05) is 54.2 Å². The van der Waals surface area contributed by atoms with Crippen LogP contribution in [-0.2, 0) is 19.6 Å². The van der Waals surface area contributed by atoms with Gasteiger partial charge < -0.3 is 14.9 Å². The van der Waals surface area contributed by atoms with E-state index >= 15 is 0 Å². The first kappa shape index (κ1) is 12.3. The van der Waals surface area contributed by atoms with Gasteiger partial charge in [-0.15, -0.1) is 0 Å². The molecule has 98 valence electrons. The molecule has 2 aromatic heterocycles. The molecule has 0 atom stereocenters. The summed E-state index contributed by atoms with van der Waals surface area (Å²) in [5.41, 5.74) is 8.08. The molecule has 19 heavy (non-hydrogen) atoms. The average Bonchev–Trinajstić information content (AvgIpc) is 3.03. The zero-order valence-electron chi connectivity index (χ0n) is 10.5. The minimum atomic E-state index is 0.538. The second kappa shape index (κ2) is 5.07. The van der Waals surface area contributed by atoms with Gasteiger partial charge in [-0.3, -0.25) is 0 Å². The Morgan fingerprint density at radius 2 is 2.16 bits per heavy atom. The molecule has 3 aromatic rings. The van der Waals surface area contributed by atoms with Crippen molar-refractivity contribution in [3.05, 3.63) is 53.7 Å². The van der Waals surface area contributed by atoms with Crippen molar-refractivity contribution in [2.75, 3.05) is 0 Å². The van der Waals surface area contributed by atoms with Gasteiger partial charge in [-0.2, -0.15) is 0 Å². The Kier molecular flexibility index (Phi) is 3.27. The van der Waals surface area contributed by atoms with Gasteiger partial charge in [-0.25, -0.2) is 4.98 Å².